The number of nitrogens with zero attached hydrogens (tertiary/aromatic N) is 6. The van der Waals surface area contributed by atoms with Crippen LogP contribution in [0.3, 0.4) is 0 Å². The van der Waals surface area contributed by atoms with Crippen molar-refractivity contribution < 1.29 is 13.2 Å². The SMILES string of the molecule is Fc1ccc(-c2cncc3[nH]c(-c4n[nH]c5cnc(-c6cncc(CN7CCC(F)(F)C7)c6)cc45)nc23)cc1. The van der Waals surface area contributed by atoms with E-state index in [9.17, 15) is 13.2 Å². The number of fused-ring (bicyclic) bond motifs is 2. The van der Waals surface area contributed by atoms with Gasteiger partial charge >= 0.3 is 0 Å². The van der Waals surface area contributed by atoms with Gasteiger partial charge in [-0.1, -0.05) is 12.1 Å². The van der Waals surface area contributed by atoms with E-state index in [0.29, 0.717) is 35.8 Å². The van der Waals surface area contributed by atoms with E-state index in [-0.39, 0.29) is 18.8 Å². The molecule has 39 heavy (non-hydrogen) atoms. The Balaban J connectivity index is 1.24. The monoisotopic (exact) mass is 526 g/mol. The molecule has 1 aromatic carbocycles. The number of alkyl halides is 2. The number of H-pyrrole nitrogens is 2. The summed E-state index contributed by atoms with van der Waals surface area (Å²) in [6.07, 6.45) is 8.37. The maximum Gasteiger partial charge on any atom is 0.261 e. The Labute approximate surface area is 220 Å². The molecule has 8 nitrogen and oxygen atoms in total. The van der Waals surface area contributed by atoms with Crippen LogP contribution in [-0.4, -0.2) is 59.0 Å². The summed E-state index contributed by atoms with van der Waals surface area (Å²) >= 11 is 0. The maximum atomic E-state index is 13.6. The molecule has 0 radical (unpaired) electrons. The molecule has 0 unspecified atom stereocenters. The van der Waals surface area contributed by atoms with Crippen molar-refractivity contribution in [3.63, 3.8) is 0 Å². The molecule has 1 fully saturated rings. The highest BCUT2D eigenvalue weighted by Crippen LogP contribution is 2.33. The highest BCUT2D eigenvalue weighted by Gasteiger charge is 2.37. The average molecular weight is 527 g/mol. The summed E-state index contributed by atoms with van der Waals surface area (Å²) in [4.78, 5) is 23.1. The fourth-order valence-electron chi connectivity index (χ4n) is 5.06. The quantitative estimate of drug-likeness (QED) is 0.303. The number of nitrogens with one attached hydrogen (secondary N) is 2. The first-order valence-electron chi connectivity index (χ1n) is 12.4. The Kier molecular flexibility index (Phi) is 5.41. The van der Waals surface area contributed by atoms with Gasteiger partial charge in [0, 0.05) is 54.6 Å². The van der Waals surface area contributed by atoms with Gasteiger partial charge in [0.05, 0.1) is 41.2 Å². The molecule has 194 valence electrons. The van der Waals surface area contributed by atoms with Crippen molar-refractivity contribution in [2.75, 3.05) is 13.1 Å². The second kappa shape index (κ2) is 8.98. The zero-order chi connectivity index (χ0) is 26.6. The van der Waals surface area contributed by atoms with Crippen LogP contribution in [0, 0.1) is 5.82 Å². The molecule has 11 heteroatoms. The second-order valence-corrected chi connectivity index (χ2v) is 9.76. The lowest BCUT2D eigenvalue weighted by atomic mass is 10.1. The predicted molar refractivity (Wildman–Crippen MR) is 140 cm³/mol. The predicted octanol–water partition coefficient (Wildman–Crippen LogP) is 5.61. The molecule has 0 spiro atoms. The Morgan fingerprint density at radius 1 is 0.923 bits per heavy atom. The summed E-state index contributed by atoms with van der Waals surface area (Å²) in [6.45, 7) is 0.518. The van der Waals surface area contributed by atoms with Crippen LogP contribution >= 0.6 is 0 Å². The van der Waals surface area contributed by atoms with Crippen LogP contribution in [0.25, 0.3) is 55.8 Å². The normalized spacial score (nSPS) is 15.5. The minimum Gasteiger partial charge on any atom is -0.335 e. The van der Waals surface area contributed by atoms with Gasteiger partial charge in [-0.05, 0) is 35.4 Å². The number of aromatic amines is 2. The maximum absolute atomic E-state index is 13.6. The van der Waals surface area contributed by atoms with Crippen molar-refractivity contribution in [3.05, 3.63) is 78.8 Å². The van der Waals surface area contributed by atoms with Gasteiger partial charge in [0.15, 0.2) is 5.82 Å². The smallest absolute Gasteiger partial charge is 0.261 e. The lowest BCUT2D eigenvalue weighted by Crippen LogP contribution is -2.24. The number of pyridine rings is 3. The molecule has 2 N–H and O–H groups in total. The molecule has 6 heterocycles. The largest absolute Gasteiger partial charge is 0.335 e. The molecule has 0 aliphatic carbocycles. The van der Waals surface area contributed by atoms with E-state index in [1.165, 1.54) is 12.1 Å². The Bertz CT molecular complexity index is 1830. The van der Waals surface area contributed by atoms with Gasteiger partial charge in [-0.15, -0.1) is 0 Å². The van der Waals surface area contributed by atoms with Crippen LogP contribution in [0.2, 0.25) is 0 Å². The number of benzene rings is 1. The summed E-state index contributed by atoms with van der Waals surface area (Å²) in [5.41, 5.74) is 6.64. The first kappa shape index (κ1) is 23.5. The number of hydrogen-bond acceptors (Lipinski definition) is 6. The number of likely N-dealkylation sites (tertiary alicyclic amines) is 1. The van der Waals surface area contributed by atoms with Crippen molar-refractivity contribution >= 4 is 21.9 Å². The zero-order valence-corrected chi connectivity index (χ0v) is 20.5. The molecule has 7 rings (SSSR count). The van der Waals surface area contributed by atoms with Crippen molar-refractivity contribution in [2.24, 2.45) is 0 Å². The first-order chi connectivity index (χ1) is 18.9. The molecule has 5 aromatic heterocycles. The number of imidazole rings is 1. The van der Waals surface area contributed by atoms with Crippen LogP contribution < -0.4 is 0 Å². The topological polar surface area (TPSA) is 99.3 Å². The van der Waals surface area contributed by atoms with E-state index in [2.05, 4.69) is 30.1 Å². The van der Waals surface area contributed by atoms with Gasteiger partial charge in [0.25, 0.3) is 5.92 Å². The molecule has 0 bridgehead atoms. The molecule has 6 aromatic rings. The van der Waals surface area contributed by atoms with Gasteiger partial charge in [0.1, 0.15) is 11.5 Å². The van der Waals surface area contributed by atoms with Gasteiger partial charge < -0.3 is 4.98 Å². The standard InChI is InChI=1S/C28H21F3N8/c29-19-3-1-17(2-4-19)21-11-33-12-24-25(21)36-27(35-24)26-20-8-22(34-13-23(20)37-38-26)18-7-16(9-32-10-18)14-39-6-5-28(30,31)15-39/h1-4,7-13H,5-6,14-15H2,(H,35,36)(H,37,38). The third kappa shape index (κ3) is 4.40. The number of rotatable bonds is 5. The Hall–Kier alpha value is -4.64. The van der Waals surface area contributed by atoms with E-state index >= 15 is 0 Å². The summed E-state index contributed by atoms with van der Waals surface area (Å²) < 4.78 is 40.7. The Morgan fingerprint density at radius 3 is 2.59 bits per heavy atom. The fourth-order valence-corrected chi connectivity index (χ4v) is 5.06. The first-order valence-corrected chi connectivity index (χ1v) is 12.4. The fraction of sp³-hybridized carbons (Fsp3) is 0.179. The van der Waals surface area contributed by atoms with Crippen molar-refractivity contribution in [3.8, 4) is 33.9 Å². The third-order valence-corrected chi connectivity index (χ3v) is 6.97. The lowest BCUT2D eigenvalue weighted by Gasteiger charge is -2.15. The van der Waals surface area contributed by atoms with Crippen molar-refractivity contribution in [1.29, 1.82) is 0 Å². The highest BCUT2D eigenvalue weighted by molar-refractivity contribution is 5.97. The molecule has 0 saturated carbocycles. The molecule has 1 saturated heterocycles. The van der Waals surface area contributed by atoms with Gasteiger partial charge in [-0.3, -0.25) is 25.0 Å². The van der Waals surface area contributed by atoms with Crippen LogP contribution in [0.15, 0.2) is 67.4 Å². The van der Waals surface area contributed by atoms with Gasteiger partial charge in [-0.2, -0.15) is 5.10 Å². The van der Waals surface area contributed by atoms with E-state index in [4.69, 9.17) is 4.98 Å². The van der Waals surface area contributed by atoms with Gasteiger partial charge in [0.2, 0.25) is 0 Å². The highest BCUT2D eigenvalue weighted by atomic mass is 19.3. The minimum absolute atomic E-state index is 0.120. The molecule has 1 aliphatic rings. The van der Waals surface area contributed by atoms with Crippen LogP contribution in [0.5, 0.6) is 0 Å². The van der Waals surface area contributed by atoms with E-state index in [1.807, 2.05) is 12.1 Å². The van der Waals surface area contributed by atoms with E-state index < -0.39 is 5.92 Å². The lowest BCUT2D eigenvalue weighted by molar-refractivity contribution is 0.0115. The molecule has 0 atom stereocenters. The molecule has 0 amide bonds. The van der Waals surface area contributed by atoms with Crippen molar-refractivity contribution in [2.45, 2.75) is 18.9 Å². The average Bonchev–Trinajstić information content (AvgIpc) is 3.64. The third-order valence-electron chi connectivity index (χ3n) is 6.97. The number of halogens is 3. The van der Waals surface area contributed by atoms with Crippen molar-refractivity contribution in [1.82, 2.24) is 40.0 Å². The van der Waals surface area contributed by atoms with E-state index in [0.717, 1.165) is 38.7 Å². The molecular weight excluding hydrogens is 505 g/mol. The Morgan fingerprint density at radius 2 is 1.77 bits per heavy atom. The van der Waals surface area contributed by atoms with Crippen LogP contribution in [0.1, 0.15) is 12.0 Å². The van der Waals surface area contributed by atoms with Crippen LogP contribution in [-0.2, 0) is 6.54 Å². The van der Waals surface area contributed by atoms with Crippen LogP contribution in [0.4, 0.5) is 13.2 Å². The van der Waals surface area contributed by atoms with Gasteiger partial charge in [-0.25, -0.2) is 18.2 Å². The second-order valence-electron chi connectivity index (χ2n) is 9.76. The molecular formula is C28H21F3N8. The van der Waals surface area contributed by atoms with E-state index in [1.54, 1.807) is 48.0 Å². The number of hydrogen-bond donors (Lipinski definition) is 2. The molecule has 1 aliphatic heterocycles. The summed E-state index contributed by atoms with van der Waals surface area (Å²) in [7, 11) is 0. The number of aromatic nitrogens is 7. The summed E-state index contributed by atoms with van der Waals surface area (Å²) in [5.74, 6) is -2.40. The minimum atomic E-state index is -2.64. The zero-order valence-electron chi connectivity index (χ0n) is 20.5. The summed E-state index contributed by atoms with van der Waals surface area (Å²) in [6, 6.07) is 10.0. The summed E-state index contributed by atoms with van der Waals surface area (Å²) in [5, 5.41) is 8.30.